The normalized spacial score (nSPS) is 13.4. The Kier molecular flexibility index (Phi) is 5.88. The van der Waals surface area contributed by atoms with Gasteiger partial charge < -0.3 is 11.5 Å². The third kappa shape index (κ3) is 5.11. The minimum Gasteiger partial charge on any atom is -0.366 e. The highest BCUT2D eigenvalue weighted by atomic mass is 32.2. The molecule has 0 heterocycles. The first-order valence-corrected chi connectivity index (χ1v) is 8.27. The van der Waals surface area contributed by atoms with Crippen molar-refractivity contribution in [2.45, 2.75) is 38.1 Å². The first kappa shape index (κ1) is 17.6. The molecule has 0 fully saturated rings. The van der Waals surface area contributed by atoms with Gasteiger partial charge in [0.1, 0.15) is 0 Å². The van der Waals surface area contributed by atoms with Crippen LogP contribution in [0.2, 0.25) is 0 Å². The lowest BCUT2D eigenvalue weighted by atomic mass is 10.1. The monoisotopic (exact) mass is 313 g/mol. The van der Waals surface area contributed by atoms with E-state index in [2.05, 4.69) is 4.72 Å². The maximum absolute atomic E-state index is 12.2. The van der Waals surface area contributed by atoms with Gasteiger partial charge in [-0.15, -0.1) is 0 Å². The van der Waals surface area contributed by atoms with Crippen LogP contribution in [-0.2, 0) is 10.0 Å². The molecule has 1 aromatic rings. The maximum atomic E-state index is 12.2. The van der Waals surface area contributed by atoms with E-state index in [1.165, 1.54) is 12.1 Å². The highest BCUT2D eigenvalue weighted by Crippen LogP contribution is 2.15. The lowest BCUT2D eigenvalue weighted by Crippen LogP contribution is -2.38. The molecule has 0 radical (unpaired) electrons. The Hall–Kier alpha value is -1.44. The first-order chi connectivity index (χ1) is 9.63. The topological polar surface area (TPSA) is 115 Å². The van der Waals surface area contributed by atoms with Gasteiger partial charge in [-0.2, -0.15) is 0 Å². The van der Waals surface area contributed by atoms with Gasteiger partial charge in [0.15, 0.2) is 0 Å². The molecule has 7 heteroatoms. The van der Waals surface area contributed by atoms with Gasteiger partial charge in [-0.3, -0.25) is 4.79 Å². The molecule has 0 spiro atoms. The lowest BCUT2D eigenvalue weighted by molar-refractivity contribution is 0.0999. The van der Waals surface area contributed by atoms with Crippen molar-refractivity contribution in [3.63, 3.8) is 0 Å². The van der Waals surface area contributed by atoms with Gasteiger partial charge in [-0.05, 0) is 37.0 Å². The average molecular weight is 313 g/mol. The molecular formula is C14H23N3O3S. The number of benzene rings is 1. The zero-order valence-electron chi connectivity index (χ0n) is 12.6. The standard InChI is InChI=1S/C14H23N3O3S/c1-9(2)6-11(15)8-17-21(19,20)12-5-4-10(3)13(7-12)14(16)18/h4-5,7,9,11,17H,6,8,15H2,1-3H3,(H2,16,18). The number of carbonyl (C=O) groups excluding carboxylic acids is 1. The molecule has 118 valence electrons. The maximum Gasteiger partial charge on any atom is 0.249 e. The molecule has 1 atom stereocenters. The van der Waals surface area contributed by atoms with Crippen molar-refractivity contribution in [2.75, 3.05) is 6.54 Å². The molecule has 0 aliphatic carbocycles. The number of carbonyl (C=O) groups is 1. The van der Waals surface area contributed by atoms with Crippen molar-refractivity contribution >= 4 is 15.9 Å². The highest BCUT2D eigenvalue weighted by Gasteiger charge is 2.18. The second-order valence-electron chi connectivity index (χ2n) is 5.58. The lowest BCUT2D eigenvalue weighted by Gasteiger charge is -2.15. The Morgan fingerprint density at radius 3 is 2.48 bits per heavy atom. The summed E-state index contributed by atoms with van der Waals surface area (Å²) >= 11 is 0. The molecule has 5 N–H and O–H groups in total. The number of nitrogens with one attached hydrogen (secondary N) is 1. The molecular weight excluding hydrogens is 290 g/mol. The summed E-state index contributed by atoms with van der Waals surface area (Å²) in [5.74, 6) is -0.258. The van der Waals surface area contributed by atoms with E-state index >= 15 is 0 Å². The van der Waals surface area contributed by atoms with E-state index in [1.54, 1.807) is 13.0 Å². The van der Waals surface area contributed by atoms with E-state index in [4.69, 9.17) is 11.5 Å². The molecule has 0 aromatic heterocycles. The number of primary amides is 1. The summed E-state index contributed by atoms with van der Waals surface area (Å²) in [6.45, 7) is 5.89. The summed E-state index contributed by atoms with van der Waals surface area (Å²) in [4.78, 5) is 11.3. The van der Waals surface area contributed by atoms with Crippen LogP contribution in [0.1, 0.15) is 36.2 Å². The number of amides is 1. The summed E-state index contributed by atoms with van der Waals surface area (Å²) < 4.78 is 26.8. The van der Waals surface area contributed by atoms with E-state index in [1.807, 2.05) is 13.8 Å². The van der Waals surface area contributed by atoms with Gasteiger partial charge in [0.05, 0.1) is 4.90 Å². The average Bonchev–Trinajstić information content (AvgIpc) is 2.35. The summed E-state index contributed by atoms with van der Waals surface area (Å²) in [5.41, 5.74) is 11.9. The van der Waals surface area contributed by atoms with Gasteiger partial charge in [-0.1, -0.05) is 19.9 Å². The van der Waals surface area contributed by atoms with Crippen LogP contribution in [0, 0.1) is 12.8 Å². The molecule has 0 bridgehead atoms. The summed E-state index contributed by atoms with van der Waals surface area (Å²) in [7, 11) is -3.70. The molecule has 21 heavy (non-hydrogen) atoms. The summed E-state index contributed by atoms with van der Waals surface area (Å²) in [5, 5.41) is 0. The molecule has 0 saturated carbocycles. The fraction of sp³-hybridized carbons (Fsp3) is 0.500. The number of sulfonamides is 1. The van der Waals surface area contributed by atoms with E-state index in [0.717, 1.165) is 6.42 Å². The predicted octanol–water partition coefficient (Wildman–Crippen LogP) is 0.746. The Balaban J connectivity index is 2.88. The Morgan fingerprint density at radius 1 is 1.33 bits per heavy atom. The second-order valence-corrected chi connectivity index (χ2v) is 7.35. The van der Waals surface area contributed by atoms with Crippen LogP contribution < -0.4 is 16.2 Å². The quantitative estimate of drug-likeness (QED) is 0.688. The first-order valence-electron chi connectivity index (χ1n) is 6.79. The van der Waals surface area contributed by atoms with Crippen molar-refractivity contribution in [1.82, 2.24) is 4.72 Å². The van der Waals surface area contributed by atoms with Crippen LogP contribution in [0.5, 0.6) is 0 Å². The molecule has 0 saturated heterocycles. The Morgan fingerprint density at radius 2 is 1.95 bits per heavy atom. The minimum atomic E-state index is -3.70. The van der Waals surface area contributed by atoms with Crippen LogP contribution in [0.4, 0.5) is 0 Å². The summed E-state index contributed by atoms with van der Waals surface area (Å²) in [6, 6.07) is 4.04. The number of nitrogens with two attached hydrogens (primary N) is 2. The van der Waals surface area contributed by atoms with Crippen LogP contribution in [-0.4, -0.2) is 26.9 Å². The summed E-state index contributed by atoms with van der Waals surface area (Å²) in [6.07, 6.45) is 0.725. The van der Waals surface area contributed by atoms with E-state index < -0.39 is 15.9 Å². The molecule has 1 amide bonds. The van der Waals surface area contributed by atoms with Crippen molar-refractivity contribution < 1.29 is 13.2 Å². The number of hydrogen-bond acceptors (Lipinski definition) is 4. The number of hydrogen-bond donors (Lipinski definition) is 3. The van der Waals surface area contributed by atoms with Crippen molar-refractivity contribution in [3.05, 3.63) is 29.3 Å². The fourth-order valence-corrected chi connectivity index (χ4v) is 3.14. The second kappa shape index (κ2) is 7.02. The van der Waals surface area contributed by atoms with Gasteiger partial charge >= 0.3 is 0 Å². The van der Waals surface area contributed by atoms with Crippen molar-refractivity contribution in [2.24, 2.45) is 17.4 Å². The number of aryl methyl sites for hydroxylation is 1. The molecule has 1 rings (SSSR count). The molecule has 6 nitrogen and oxygen atoms in total. The van der Waals surface area contributed by atoms with E-state index in [9.17, 15) is 13.2 Å². The van der Waals surface area contributed by atoms with Gasteiger partial charge in [0.25, 0.3) is 0 Å². The smallest absolute Gasteiger partial charge is 0.249 e. The van der Waals surface area contributed by atoms with Gasteiger partial charge in [0.2, 0.25) is 15.9 Å². The van der Waals surface area contributed by atoms with Gasteiger partial charge in [-0.25, -0.2) is 13.1 Å². The predicted molar refractivity (Wildman–Crippen MR) is 82.3 cm³/mol. The highest BCUT2D eigenvalue weighted by molar-refractivity contribution is 7.89. The molecule has 0 aliphatic rings. The van der Waals surface area contributed by atoms with Crippen LogP contribution in [0.15, 0.2) is 23.1 Å². The Labute approximate surface area is 126 Å². The molecule has 1 aromatic carbocycles. The van der Waals surface area contributed by atoms with Crippen LogP contribution >= 0.6 is 0 Å². The van der Waals surface area contributed by atoms with Crippen molar-refractivity contribution in [3.8, 4) is 0 Å². The fourth-order valence-electron chi connectivity index (χ4n) is 2.02. The molecule has 1 unspecified atom stereocenters. The minimum absolute atomic E-state index is 0.0126. The van der Waals surface area contributed by atoms with E-state index in [0.29, 0.717) is 11.5 Å². The van der Waals surface area contributed by atoms with Crippen LogP contribution in [0.3, 0.4) is 0 Å². The zero-order valence-corrected chi connectivity index (χ0v) is 13.4. The third-order valence-electron chi connectivity index (χ3n) is 3.09. The Bertz CT molecular complexity index is 612. The molecule has 0 aliphatic heterocycles. The van der Waals surface area contributed by atoms with Crippen LogP contribution in [0.25, 0.3) is 0 Å². The number of rotatable bonds is 7. The zero-order chi connectivity index (χ0) is 16.2. The van der Waals surface area contributed by atoms with E-state index in [-0.39, 0.29) is 23.0 Å². The largest absolute Gasteiger partial charge is 0.366 e. The SMILES string of the molecule is Cc1ccc(S(=O)(=O)NCC(N)CC(C)C)cc1C(N)=O. The van der Waals surface area contributed by atoms with Crippen molar-refractivity contribution in [1.29, 1.82) is 0 Å². The van der Waals surface area contributed by atoms with Gasteiger partial charge in [0, 0.05) is 18.2 Å². The third-order valence-corrected chi connectivity index (χ3v) is 4.52.